The summed E-state index contributed by atoms with van der Waals surface area (Å²) in [4.78, 5) is 11.0. The number of hydrogen-bond donors (Lipinski definition) is 0. The fourth-order valence-corrected chi connectivity index (χ4v) is 0.843. The fourth-order valence-electron chi connectivity index (χ4n) is 0.703. The van der Waals surface area contributed by atoms with Crippen molar-refractivity contribution in [3.8, 4) is 0 Å². The van der Waals surface area contributed by atoms with Gasteiger partial charge in [0.2, 0.25) is 0 Å². The van der Waals surface area contributed by atoms with Crippen LogP contribution in [0.4, 0.5) is 0 Å². The van der Waals surface area contributed by atoms with Crippen LogP contribution in [0.3, 0.4) is 0 Å². The lowest BCUT2D eigenvalue weighted by atomic mass is 10.2. The molecule has 1 aromatic carbocycles. The number of halogens is 2. The van der Waals surface area contributed by atoms with Gasteiger partial charge in [0.05, 0.1) is 5.56 Å². The van der Waals surface area contributed by atoms with Gasteiger partial charge in [-0.1, -0.05) is 18.2 Å². The monoisotopic (exact) mass is 203 g/mol. The average molecular weight is 204 g/mol. The second-order valence-corrected chi connectivity index (χ2v) is 2.86. The highest BCUT2D eigenvalue weighted by Crippen LogP contribution is 2.15. The predicted molar refractivity (Wildman–Crippen MR) is 46.8 cm³/mol. The van der Waals surface area contributed by atoms with Crippen molar-refractivity contribution in [2.75, 3.05) is 0 Å². The molecule has 1 rings (SSSR count). The molecule has 0 aliphatic carbocycles. The molecule has 0 aliphatic heterocycles. The van der Waals surface area contributed by atoms with Crippen LogP contribution in [0.15, 0.2) is 30.3 Å². The Hall–Kier alpha value is -0.730. The van der Waals surface area contributed by atoms with Gasteiger partial charge in [0.25, 0.3) is 0 Å². The van der Waals surface area contributed by atoms with Gasteiger partial charge in [-0.05, 0) is 35.3 Å². The Morgan fingerprint density at radius 3 is 2.25 bits per heavy atom. The molecule has 0 aromatic heterocycles. The molecule has 0 fully saturated rings. The molecule has 0 heterocycles. The summed E-state index contributed by atoms with van der Waals surface area (Å²) in [6.45, 7) is 0. The number of esters is 1. The zero-order valence-corrected chi connectivity index (χ0v) is 7.47. The summed E-state index contributed by atoms with van der Waals surface area (Å²) in [6, 6.07) is 8.46. The molecule has 0 aliphatic rings. The van der Waals surface area contributed by atoms with E-state index in [-0.39, 0.29) is 0 Å². The first kappa shape index (κ1) is 9.36. The second kappa shape index (κ2) is 4.33. The number of ether oxygens (including phenoxy) is 1. The number of benzene rings is 1. The molecule has 0 amide bonds. The van der Waals surface area contributed by atoms with E-state index in [2.05, 4.69) is 4.74 Å². The molecule has 0 spiro atoms. The third kappa shape index (κ3) is 2.72. The van der Waals surface area contributed by atoms with E-state index in [0.29, 0.717) is 5.56 Å². The molecule has 1 aromatic rings. The Labute approximate surface area is 80.0 Å². The van der Waals surface area contributed by atoms with Crippen LogP contribution in [0.25, 0.3) is 0 Å². The minimum absolute atomic E-state index is 0.399. The lowest BCUT2D eigenvalue weighted by molar-refractivity contribution is 0.0620. The van der Waals surface area contributed by atoms with E-state index in [1.165, 1.54) is 0 Å². The largest absolute Gasteiger partial charge is 0.418 e. The highest BCUT2D eigenvalue weighted by molar-refractivity contribution is 6.51. The van der Waals surface area contributed by atoms with Crippen LogP contribution in [0.1, 0.15) is 10.4 Å². The van der Waals surface area contributed by atoms with Crippen molar-refractivity contribution in [3.63, 3.8) is 0 Å². The van der Waals surface area contributed by atoms with Crippen LogP contribution in [-0.4, -0.2) is 5.97 Å². The van der Waals surface area contributed by atoms with Gasteiger partial charge >= 0.3 is 11.0 Å². The lowest BCUT2D eigenvalue weighted by Gasteiger charge is -2.01. The van der Waals surface area contributed by atoms with E-state index in [1.54, 1.807) is 30.3 Å². The number of rotatable bonds is 2. The van der Waals surface area contributed by atoms with Crippen molar-refractivity contribution in [2.45, 2.75) is 0 Å². The first-order valence-corrected chi connectivity index (χ1v) is 3.91. The van der Waals surface area contributed by atoms with E-state index >= 15 is 0 Å². The lowest BCUT2D eigenvalue weighted by Crippen LogP contribution is -2.03. The highest BCUT2D eigenvalue weighted by Gasteiger charge is 2.11. The van der Waals surface area contributed by atoms with Gasteiger partial charge in [0, 0.05) is 0 Å². The van der Waals surface area contributed by atoms with Gasteiger partial charge in [-0.25, -0.2) is 4.79 Å². The predicted octanol–water partition coefficient (Wildman–Crippen LogP) is 2.77. The summed E-state index contributed by atoms with van der Waals surface area (Å²) in [5.74, 6) is -0.560. The molecule has 12 heavy (non-hydrogen) atoms. The summed E-state index contributed by atoms with van der Waals surface area (Å²) in [5.41, 5.74) is 0.413. The van der Waals surface area contributed by atoms with Crippen LogP contribution in [0, 0.1) is 5.02 Å². The standard InChI is InChI=1S/C8H5Cl2O2/c9-8(10)12-7(11)6-4-2-1-3-5-6/h1-5H. The number of carbonyl (C=O) groups excluding carboxylic acids is 1. The zero-order chi connectivity index (χ0) is 8.97. The zero-order valence-electron chi connectivity index (χ0n) is 5.96. The van der Waals surface area contributed by atoms with Crippen LogP contribution in [-0.2, 0) is 4.74 Å². The van der Waals surface area contributed by atoms with Gasteiger partial charge < -0.3 is 4.74 Å². The number of carbonyl (C=O) groups is 1. The molecule has 2 nitrogen and oxygen atoms in total. The van der Waals surface area contributed by atoms with Crippen LogP contribution < -0.4 is 0 Å². The third-order valence-electron chi connectivity index (χ3n) is 1.18. The van der Waals surface area contributed by atoms with Crippen LogP contribution in [0.2, 0.25) is 0 Å². The van der Waals surface area contributed by atoms with E-state index in [0.717, 1.165) is 0 Å². The molecule has 0 N–H and O–H groups in total. The SMILES string of the molecule is O=C(O[C](Cl)Cl)c1ccccc1. The molecular weight excluding hydrogens is 199 g/mol. The van der Waals surface area contributed by atoms with E-state index in [9.17, 15) is 4.79 Å². The minimum atomic E-state index is -0.560. The van der Waals surface area contributed by atoms with E-state index in [4.69, 9.17) is 23.2 Å². The minimum Gasteiger partial charge on any atom is -0.418 e. The second-order valence-electron chi connectivity index (χ2n) is 1.98. The molecule has 0 bridgehead atoms. The van der Waals surface area contributed by atoms with Crippen molar-refractivity contribution in [3.05, 3.63) is 40.9 Å². The van der Waals surface area contributed by atoms with Crippen molar-refractivity contribution in [1.82, 2.24) is 0 Å². The van der Waals surface area contributed by atoms with Crippen LogP contribution in [0.5, 0.6) is 0 Å². The Kier molecular flexibility index (Phi) is 3.38. The molecule has 63 valence electrons. The summed E-state index contributed by atoms with van der Waals surface area (Å²) < 4.78 is 4.44. The quantitative estimate of drug-likeness (QED) is 0.692. The smallest absolute Gasteiger partial charge is 0.340 e. The molecule has 0 saturated heterocycles. The summed E-state index contributed by atoms with van der Waals surface area (Å²) in [7, 11) is 0. The van der Waals surface area contributed by atoms with Gasteiger partial charge in [0.1, 0.15) is 0 Å². The molecule has 0 saturated carbocycles. The Morgan fingerprint density at radius 2 is 1.75 bits per heavy atom. The summed E-state index contributed by atoms with van der Waals surface area (Å²) >= 11 is 10.3. The summed E-state index contributed by atoms with van der Waals surface area (Å²) in [6.07, 6.45) is 0. The maximum absolute atomic E-state index is 11.0. The molecule has 4 heteroatoms. The number of hydrogen-bond acceptors (Lipinski definition) is 2. The van der Waals surface area contributed by atoms with Crippen molar-refractivity contribution < 1.29 is 9.53 Å². The van der Waals surface area contributed by atoms with Crippen molar-refractivity contribution >= 4 is 29.2 Å². The Morgan fingerprint density at radius 1 is 1.17 bits per heavy atom. The van der Waals surface area contributed by atoms with Gasteiger partial charge in [0.15, 0.2) is 0 Å². The molecule has 0 atom stereocenters. The van der Waals surface area contributed by atoms with Gasteiger partial charge in [-0.3, -0.25) is 0 Å². The normalized spacial score (nSPS) is 9.92. The first-order chi connectivity index (χ1) is 5.70. The van der Waals surface area contributed by atoms with Gasteiger partial charge in [-0.15, -0.1) is 0 Å². The highest BCUT2D eigenvalue weighted by atomic mass is 35.5. The molecule has 1 radical (unpaired) electrons. The van der Waals surface area contributed by atoms with E-state index < -0.39 is 11.0 Å². The van der Waals surface area contributed by atoms with Crippen molar-refractivity contribution in [1.29, 1.82) is 0 Å². The molecular formula is C8H5Cl2O2. The summed E-state index contributed by atoms with van der Waals surface area (Å²) in [5, 5.41) is -0.399. The first-order valence-electron chi connectivity index (χ1n) is 3.15. The molecule has 0 unspecified atom stereocenters. The third-order valence-corrected chi connectivity index (χ3v) is 1.33. The van der Waals surface area contributed by atoms with Gasteiger partial charge in [-0.2, -0.15) is 0 Å². The Balaban J connectivity index is 2.66. The average Bonchev–Trinajstić information content (AvgIpc) is 2.05. The topological polar surface area (TPSA) is 26.3 Å². The maximum atomic E-state index is 11.0. The maximum Gasteiger partial charge on any atom is 0.340 e. The fraction of sp³-hybridized carbons (Fsp3) is 0. The van der Waals surface area contributed by atoms with Crippen LogP contribution >= 0.6 is 23.2 Å². The van der Waals surface area contributed by atoms with Crippen molar-refractivity contribution in [2.24, 2.45) is 0 Å². The Bertz CT molecular complexity index is 259. The van der Waals surface area contributed by atoms with E-state index in [1.807, 2.05) is 0 Å².